The van der Waals surface area contributed by atoms with Crippen molar-refractivity contribution >= 4 is 22.8 Å². The van der Waals surface area contributed by atoms with Gasteiger partial charge < -0.3 is 15.6 Å². The van der Waals surface area contributed by atoms with Gasteiger partial charge in [-0.2, -0.15) is 0 Å². The highest BCUT2D eigenvalue weighted by Crippen LogP contribution is 2.38. The summed E-state index contributed by atoms with van der Waals surface area (Å²) >= 11 is -1.64. The second kappa shape index (κ2) is 10.3. The van der Waals surface area contributed by atoms with Gasteiger partial charge >= 0.3 is 0 Å². The quantitative estimate of drug-likeness (QED) is 0.489. The van der Waals surface area contributed by atoms with Gasteiger partial charge in [-0.15, -0.1) is 0 Å². The Morgan fingerprint density at radius 2 is 1.83 bits per heavy atom. The zero-order valence-corrected chi connectivity index (χ0v) is 20.0. The van der Waals surface area contributed by atoms with Gasteiger partial charge in [0, 0.05) is 24.4 Å². The van der Waals surface area contributed by atoms with Crippen LogP contribution in [0.5, 0.6) is 0 Å². The summed E-state index contributed by atoms with van der Waals surface area (Å²) in [6.07, 6.45) is 7.05. The minimum Gasteiger partial charge on any atom is -0.612 e. The average Bonchev–Trinajstić information content (AvgIpc) is 2.79. The van der Waals surface area contributed by atoms with Crippen molar-refractivity contribution in [1.82, 2.24) is 9.97 Å². The van der Waals surface area contributed by atoms with Crippen molar-refractivity contribution in [2.75, 3.05) is 11.6 Å². The van der Waals surface area contributed by atoms with Crippen LogP contribution in [-0.2, 0) is 11.2 Å². The largest absolute Gasteiger partial charge is 0.612 e. The van der Waals surface area contributed by atoms with Gasteiger partial charge in [0.15, 0.2) is 4.90 Å². The second-order valence-corrected chi connectivity index (χ2v) is 10.3. The molecule has 0 spiro atoms. The Morgan fingerprint density at radius 1 is 1.11 bits per heavy atom. The molecule has 4 atom stereocenters. The summed E-state index contributed by atoms with van der Waals surface area (Å²) in [5, 5.41) is 2.75. The Labute approximate surface area is 204 Å². The zero-order chi connectivity index (χ0) is 25.3. The Bertz CT molecular complexity index is 1220. The van der Waals surface area contributed by atoms with E-state index in [2.05, 4.69) is 22.2 Å². The molecule has 184 valence electrons. The average molecular weight is 503 g/mol. The molecule has 35 heavy (non-hydrogen) atoms. The number of nitrogens with one attached hydrogen (secondary N) is 1. The number of amides is 1. The summed E-state index contributed by atoms with van der Waals surface area (Å²) in [6, 6.07) is 5.67. The first kappa shape index (κ1) is 25.2. The summed E-state index contributed by atoms with van der Waals surface area (Å²) in [5.74, 6) is -3.37. The van der Waals surface area contributed by atoms with Crippen molar-refractivity contribution in [3.63, 3.8) is 0 Å². The molecule has 1 saturated carbocycles. The topological polar surface area (TPSA) is 104 Å². The highest BCUT2D eigenvalue weighted by molar-refractivity contribution is 7.90. The molecular weight excluding hydrogens is 477 g/mol. The highest BCUT2D eigenvalue weighted by atomic mass is 32.2. The van der Waals surface area contributed by atoms with Crippen LogP contribution in [0.1, 0.15) is 48.2 Å². The number of carbonyl (C=O) groups excluding carboxylic acids is 1. The molecular formula is C25H25F3N4O2S. The van der Waals surface area contributed by atoms with Crippen LogP contribution in [0, 0.1) is 23.4 Å². The van der Waals surface area contributed by atoms with Crippen LogP contribution >= 0.6 is 0 Å². The molecule has 0 saturated heterocycles. The number of halogens is 3. The predicted octanol–water partition coefficient (Wildman–Crippen LogP) is 4.78. The van der Waals surface area contributed by atoms with Crippen molar-refractivity contribution in [1.29, 1.82) is 0 Å². The maximum absolute atomic E-state index is 14.6. The van der Waals surface area contributed by atoms with Gasteiger partial charge in [0.05, 0.1) is 17.4 Å². The molecule has 2 heterocycles. The number of hydrogen-bond donors (Lipinski definition) is 2. The molecule has 0 unspecified atom stereocenters. The van der Waals surface area contributed by atoms with Crippen LogP contribution in [0.15, 0.2) is 47.6 Å². The zero-order valence-electron chi connectivity index (χ0n) is 19.2. The molecule has 1 fully saturated rings. The standard InChI is InChI=1S/C25H25F3N4O2S/c1-13-7-14(9-15(29)8-13)17-5-6-30-12-22(17)32-25(33)21-4-3-18(26)24(31-21)23-19(27)10-16(35(2)34)11-20(23)28/h3-6,10-15H,7-9,29H2,1-2H3,(H,32,33)/t13-,14+,15-,35-/m0/s1. The minimum atomic E-state index is -1.64. The van der Waals surface area contributed by atoms with E-state index in [1.807, 2.05) is 6.07 Å². The first-order chi connectivity index (χ1) is 16.6. The number of benzene rings is 1. The van der Waals surface area contributed by atoms with Gasteiger partial charge in [-0.05, 0) is 66.0 Å². The van der Waals surface area contributed by atoms with Gasteiger partial charge in [-0.25, -0.2) is 18.2 Å². The predicted molar refractivity (Wildman–Crippen MR) is 128 cm³/mol. The van der Waals surface area contributed by atoms with Crippen LogP contribution in [0.2, 0.25) is 0 Å². The molecule has 3 N–H and O–H groups in total. The van der Waals surface area contributed by atoms with Crippen LogP contribution < -0.4 is 11.1 Å². The van der Waals surface area contributed by atoms with Crippen LogP contribution in [0.3, 0.4) is 0 Å². The van der Waals surface area contributed by atoms with Crippen molar-refractivity contribution in [2.45, 2.75) is 43.0 Å². The van der Waals surface area contributed by atoms with Gasteiger partial charge in [0.2, 0.25) is 0 Å². The number of anilines is 1. The van der Waals surface area contributed by atoms with Crippen LogP contribution in [-0.4, -0.2) is 32.7 Å². The lowest BCUT2D eigenvalue weighted by Crippen LogP contribution is -2.31. The summed E-state index contributed by atoms with van der Waals surface area (Å²) in [7, 11) is 0. The van der Waals surface area contributed by atoms with Crippen molar-refractivity contribution in [2.24, 2.45) is 11.7 Å². The number of rotatable bonds is 5. The fourth-order valence-corrected chi connectivity index (χ4v) is 5.19. The third-order valence-electron chi connectivity index (χ3n) is 6.19. The molecule has 3 aromatic rings. The molecule has 10 heteroatoms. The maximum Gasteiger partial charge on any atom is 0.274 e. The number of nitrogens with two attached hydrogens (primary N) is 1. The third-order valence-corrected chi connectivity index (χ3v) is 7.08. The molecule has 6 nitrogen and oxygen atoms in total. The summed E-state index contributed by atoms with van der Waals surface area (Å²) < 4.78 is 55.4. The van der Waals surface area contributed by atoms with E-state index >= 15 is 0 Å². The highest BCUT2D eigenvalue weighted by Gasteiger charge is 2.28. The van der Waals surface area contributed by atoms with E-state index in [1.165, 1.54) is 12.5 Å². The molecule has 1 aliphatic rings. The van der Waals surface area contributed by atoms with E-state index in [0.717, 1.165) is 49.1 Å². The van der Waals surface area contributed by atoms with E-state index in [-0.39, 0.29) is 22.5 Å². The SMILES string of the molecule is C[C@@H]1C[C@H](N)C[C@H](c2ccncc2NC(=O)c2ccc(F)c(-c3c(F)cc([S@+](C)[O-])cc3F)n2)C1. The van der Waals surface area contributed by atoms with E-state index in [1.54, 1.807) is 6.20 Å². The molecule has 1 amide bonds. The first-order valence-corrected chi connectivity index (χ1v) is 12.7. The van der Waals surface area contributed by atoms with Gasteiger partial charge in [0.25, 0.3) is 5.91 Å². The molecule has 0 bridgehead atoms. The lowest BCUT2D eigenvalue weighted by atomic mass is 9.76. The smallest absolute Gasteiger partial charge is 0.274 e. The normalized spacial score (nSPS) is 20.9. The lowest BCUT2D eigenvalue weighted by Gasteiger charge is -2.32. The maximum atomic E-state index is 14.6. The Morgan fingerprint density at radius 3 is 2.49 bits per heavy atom. The molecule has 0 aliphatic heterocycles. The first-order valence-electron chi connectivity index (χ1n) is 11.1. The van der Waals surface area contributed by atoms with Gasteiger partial charge in [-0.3, -0.25) is 9.78 Å². The number of carbonyl (C=O) groups is 1. The fraction of sp³-hybridized carbons (Fsp3) is 0.320. The summed E-state index contributed by atoms with van der Waals surface area (Å²) in [5.41, 5.74) is 5.95. The van der Waals surface area contributed by atoms with Crippen molar-refractivity contribution in [3.8, 4) is 11.3 Å². The second-order valence-electron chi connectivity index (χ2n) is 8.93. The monoisotopic (exact) mass is 502 g/mol. The van der Waals surface area contributed by atoms with E-state index in [4.69, 9.17) is 5.73 Å². The van der Waals surface area contributed by atoms with Crippen LogP contribution in [0.4, 0.5) is 18.9 Å². The lowest BCUT2D eigenvalue weighted by molar-refractivity contribution is 0.102. The van der Waals surface area contributed by atoms with E-state index in [9.17, 15) is 22.5 Å². The Hall–Kier alpha value is -2.95. The number of nitrogens with zero attached hydrogens (tertiary/aromatic N) is 2. The molecule has 2 aromatic heterocycles. The van der Waals surface area contributed by atoms with Crippen LogP contribution in [0.25, 0.3) is 11.3 Å². The summed E-state index contributed by atoms with van der Waals surface area (Å²) in [6.45, 7) is 2.14. The number of pyridine rings is 2. The number of aromatic nitrogens is 2. The van der Waals surface area contributed by atoms with E-state index in [0.29, 0.717) is 11.6 Å². The minimum absolute atomic E-state index is 0.0584. The molecule has 1 aromatic carbocycles. The molecule has 0 radical (unpaired) electrons. The van der Waals surface area contributed by atoms with E-state index < -0.39 is 45.8 Å². The number of hydrogen-bond acceptors (Lipinski definition) is 5. The third kappa shape index (κ3) is 5.50. The Balaban J connectivity index is 1.64. The van der Waals surface area contributed by atoms with Crippen molar-refractivity contribution in [3.05, 3.63) is 71.4 Å². The Kier molecular flexibility index (Phi) is 7.44. The molecule has 4 rings (SSSR count). The van der Waals surface area contributed by atoms with Gasteiger partial charge in [0.1, 0.15) is 35.1 Å². The van der Waals surface area contributed by atoms with Crippen molar-refractivity contribution < 1.29 is 22.5 Å². The van der Waals surface area contributed by atoms with Gasteiger partial charge in [-0.1, -0.05) is 6.92 Å². The fourth-order valence-electron chi connectivity index (χ4n) is 4.65. The summed E-state index contributed by atoms with van der Waals surface area (Å²) in [4.78, 5) is 20.9. The molecule has 1 aliphatic carbocycles.